The van der Waals surface area contributed by atoms with E-state index in [2.05, 4.69) is 4.98 Å². The number of aryl methyl sites for hydroxylation is 1. The largest absolute Gasteiger partial charge is 0.507 e. The van der Waals surface area contributed by atoms with Gasteiger partial charge in [-0.2, -0.15) is 13.2 Å². The van der Waals surface area contributed by atoms with Gasteiger partial charge in [-0.3, -0.25) is 9.59 Å². The van der Waals surface area contributed by atoms with Gasteiger partial charge in [0, 0.05) is 25.4 Å². The lowest BCUT2D eigenvalue weighted by Crippen LogP contribution is -2.40. The molecule has 1 atom stereocenters. The van der Waals surface area contributed by atoms with E-state index in [9.17, 15) is 27.9 Å². The average molecular weight is 394 g/mol. The van der Waals surface area contributed by atoms with Gasteiger partial charge in [-0.1, -0.05) is 18.2 Å². The molecule has 8 heteroatoms. The maximum atomic E-state index is 12.8. The van der Waals surface area contributed by atoms with Crippen LogP contribution in [-0.2, 0) is 12.6 Å². The van der Waals surface area contributed by atoms with E-state index in [1.54, 1.807) is 11.0 Å². The second-order valence-electron chi connectivity index (χ2n) is 7.09. The Balaban J connectivity index is 1.62. The molecular formula is C20H21F3N2O3. The van der Waals surface area contributed by atoms with Crippen molar-refractivity contribution in [1.82, 2.24) is 9.88 Å². The summed E-state index contributed by atoms with van der Waals surface area (Å²) in [6, 6.07) is 6.28. The minimum atomic E-state index is -4.36. The number of carbonyl (C=O) groups excluding carboxylic acids is 1. The van der Waals surface area contributed by atoms with Gasteiger partial charge in [-0.05, 0) is 43.2 Å². The van der Waals surface area contributed by atoms with E-state index in [0.717, 1.165) is 25.0 Å². The normalized spacial score (nSPS) is 17.5. The summed E-state index contributed by atoms with van der Waals surface area (Å²) < 4.78 is 38.5. The van der Waals surface area contributed by atoms with E-state index >= 15 is 0 Å². The van der Waals surface area contributed by atoms with E-state index < -0.39 is 17.3 Å². The number of hydrogen-bond donors (Lipinski definition) is 2. The van der Waals surface area contributed by atoms with Crippen LogP contribution in [0.5, 0.6) is 5.75 Å². The highest BCUT2D eigenvalue weighted by Crippen LogP contribution is 2.30. The number of likely N-dealkylation sites (tertiary alicyclic amines) is 1. The van der Waals surface area contributed by atoms with E-state index in [-0.39, 0.29) is 23.1 Å². The summed E-state index contributed by atoms with van der Waals surface area (Å²) in [6.45, 7) is 1.01. The van der Waals surface area contributed by atoms with E-state index in [1.807, 2.05) is 0 Å². The van der Waals surface area contributed by atoms with Crippen LogP contribution in [0.15, 0.2) is 41.3 Å². The van der Waals surface area contributed by atoms with Crippen LogP contribution < -0.4 is 5.56 Å². The van der Waals surface area contributed by atoms with Crippen molar-refractivity contribution in [3.63, 3.8) is 0 Å². The van der Waals surface area contributed by atoms with Crippen LogP contribution in [0.1, 0.15) is 40.7 Å². The molecule has 5 nitrogen and oxygen atoms in total. The molecule has 2 N–H and O–H groups in total. The van der Waals surface area contributed by atoms with Crippen LogP contribution in [0, 0.1) is 5.92 Å². The molecule has 1 aliphatic heterocycles. The number of aromatic amines is 1. The fraction of sp³-hybridized carbons (Fsp3) is 0.400. The summed E-state index contributed by atoms with van der Waals surface area (Å²) in [5.74, 6) is -0.561. The van der Waals surface area contributed by atoms with Gasteiger partial charge in [0.05, 0.1) is 11.1 Å². The quantitative estimate of drug-likeness (QED) is 0.833. The minimum Gasteiger partial charge on any atom is -0.507 e. The third-order valence-corrected chi connectivity index (χ3v) is 5.03. The lowest BCUT2D eigenvalue weighted by molar-refractivity contribution is -0.137. The van der Waals surface area contributed by atoms with Gasteiger partial charge in [0.25, 0.3) is 11.5 Å². The van der Waals surface area contributed by atoms with Gasteiger partial charge >= 0.3 is 6.18 Å². The van der Waals surface area contributed by atoms with Crippen molar-refractivity contribution in [3.05, 3.63) is 63.6 Å². The standard InChI is InChI=1S/C20H21F3N2O3/c21-20(22,23)15-5-1-3-13(9-15)6-7-14-4-2-8-25(12-14)19(28)16-11-24-18(27)10-17(16)26/h1,3,5,9-11,14H,2,4,6-8,12H2,(H2,24,26,27)/t14-/m0/s1. The molecule has 28 heavy (non-hydrogen) atoms. The van der Waals surface area contributed by atoms with Crippen LogP contribution in [0.4, 0.5) is 13.2 Å². The van der Waals surface area contributed by atoms with Crippen molar-refractivity contribution >= 4 is 5.91 Å². The monoisotopic (exact) mass is 394 g/mol. The van der Waals surface area contributed by atoms with E-state index in [1.165, 1.54) is 18.3 Å². The third kappa shape index (κ3) is 4.74. The summed E-state index contributed by atoms with van der Waals surface area (Å²) in [5, 5.41) is 9.84. The molecule has 1 aromatic heterocycles. The summed E-state index contributed by atoms with van der Waals surface area (Å²) >= 11 is 0. The molecule has 1 amide bonds. The van der Waals surface area contributed by atoms with Gasteiger partial charge in [0.15, 0.2) is 0 Å². The van der Waals surface area contributed by atoms with Gasteiger partial charge in [0.1, 0.15) is 5.75 Å². The number of alkyl halides is 3. The predicted octanol–water partition coefficient (Wildman–Crippen LogP) is 3.58. The third-order valence-electron chi connectivity index (χ3n) is 5.03. The molecule has 1 aromatic carbocycles. The summed E-state index contributed by atoms with van der Waals surface area (Å²) in [6.07, 6.45) is -0.318. The van der Waals surface area contributed by atoms with Crippen molar-refractivity contribution in [1.29, 1.82) is 0 Å². The van der Waals surface area contributed by atoms with E-state index in [0.29, 0.717) is 31.5 Å². The maximum Gasteiger partial charge on any atom is 0.416 e. The fourth-order valence-electron chi connectivity index (χ4n) is 3.56. The number of halogens is 3. The molecular weight excluding hydrogens is 373 g/mol. The molecule has 0 spiro atoms. The minimum absolute atomic E-state index is 0.0399. The highest BCUT2D eigenvalue weighted by Gasteiger charge is 2.30. The number of nitrogens with one attached hydrogen (secondary N) is 1. The second kappa shape index (κ2) is 8.08. The summed E-state index contributed by atoms with van der Waals surface area (Å²) in [5.41, 5.74) is -0.486. The lowest BCUT2D eigenvalue weighted by atomic mass is 9.91. The van der Waals surface area contributed by atoms with Crippen molar-refractivity contribution < 1.29 is 23.1 Å². The number of hydrogen-bond acceptors (Lipinski definition) is 3. The number of benzene rings is 1. The molecule has 2 aromatic rings. The van der Waals surface area contributed by atoms with E-state index in [4.69, 9.17) is 0 Å². The molecule has 0 bridgehead atoms. The Kier molecular flexibility index (Phi) is 5.76. The Morgan fingerprint density at radius 1 is 1.29 bits per heavy atom. The number of piperidine rings is 1. The molecule has 3 rings (SSSR count). The first-order valence-electron chi connectivity index (χ1n) is 9.11. The lowest BCUT2D eigenvalue weighted by Gasteiger charge is -2.33. The Morgan fingerprint density at radius 2 is 2.07 bits per heavy atom. The zero-order chi connectivity index (χ0) is 20.3. The van der Waals surface area contributed by atoms with Crippen LogP contribution in [-0.4, -0.2) is 34.0 Å². The molecule has 1 fully saturated rings. The van der Waals surface area contributed by atoms with Gasteiger partial charge in [-0.25, -0.2) is 0 Å². The Labute approximate surface area is 159 Å². The van der Waals surface area contributed by atoms with Gasteiger partial charge < -0.3 is 15.0 Å². The fourth-order valence-corrected chi connectivity index (χ4v) is 3.56. The van der Waals surface area contributed by atoms with Crippen molar-refractivity contribution in [3.8, 4) is 5.75 Å². The number of rotatable bonds is 4. The topological polar surface area (TPSA) is 73.4 Å². The Hall–Kier alpha value is -2.77. The molecule has 0 radical (unpaired) electrons. The molecule has 0 unspecified atom stereocenters. The molecule has 1 saturated heterocycles. The number of aromatic nitrogens is 1. The SMILES string of the molecule is O=C(c1c[nH]c(=O)cc1O)N1CCC[C@@H](CCc2cccc(C(F)(F)F)c2)C1. The number of H-pyrrole nitrogens is 1. The highest BCUT2D eigenvalue weighted by atomic mass is 19.4. The maximum absolute atomic E-state index is 12.8. The van der Waals surface area contributed by atoms with Crippen LogP contribution in [0.2, 0.25) is 0 Å². The molecule has 2 heterocycles. The zero-order valence-electron chi connectivity index (χ0n) is 15.1. The number of nitrogens with zero attached hydrogens (tertiary/aromatic N) is 1. The van der Waals surface area contributed by atoms with Gasteiger partial charge in [-0.15, -0.1) is 0 Å². The summed E-state index contributed by atoms with van der Waals surface area (Å²) in [4.78, 5) is 27.8. The molecule has 1 aliphatic rings. The number of carbonyl (C=O) groups is 1. The average Bonchev–Trinajstić information content (AvgIpc) is 2.66. The smallest absolute Gasteiger partial charge is 0.416 e. The van der Waals surface area contributed by atoms with Crippen LogP contribution in [0.3, 0.4) is 0 Å². The van der Waals surface area contributed by atoms with Crippen LogP contribution >= 0.6 is 0 Å². The number of pyridine rings is 1. The first-order valence-corrected chi connectivity index (χ1v) is 9.11. The van der Waals surface area contributed by atoms with Crippen molar-refractivity contribution in [2.45, 2.75) is 31.9 Å². The first-order chi connectivity index (χ1) is 13.2. The zero-order valence-corrected chi connectivity index (χ0v) is 15.1. The van der Waals surface area contributed by atoms with Gasteiger partial charge in [0.2, 0.25) is 0 Å². The predicted molar refractivity (Wildman–Crippen MR) is 97.1 cm³/mol. The summed E-state index contributed by atoms with van der Waals surface area (Å²) in [7, 11) is 0. The van der Waals surface area contributed by atoms with Crippen LogP contribution in [0.25, 0.3) is 0 Å². The molecule has 0 saturated carbocycles. The Bertz CT molecular complexity index is 908. The number of aromatic hydroxyl groups is 1. The van der Waals surface area contributed by atoms with Crippen molar-refractivity contribution in [2.24, 2.45) is 5.92 Å². The first kappa shape index (κ1) is 20.0. The number of amides is 1. The molecule has 0 aliphatic carbocycles. The second-order valence-corrected chi connectivity index (χ2v) is 7.09. The van der Waals surface area contributed by atoms with Crippen molar-refractivity contribution in [2.75, 3.05) is 13.1 Å². The molecule has 150 valence electrons. The highest BCUT2D eigenvalue weighted by molar-refractivity contribution is 5.96. The Morgan fingerprint density at radius 3 is 2.79 bits per heavy atom.